The van der Waals surface area contributed by atoms with Crippen LogP contribution in [0.3, 0.4) is 0 Å². The van der Waals surface area contributed by atoms with Gasteiger partial charge in [-0.3, -0.25) is 14.9 Å². The summed E-state index contributed by atoms with van der Waals surface area (Å²) in [5.74, 6) is -0.105. The molecule has 1 aromatic heterocycles. The molecule has 0 aliphatic carbocycles. The molecule has 3 N–H and O–H groups in total. The highest BCUT2D eigenvalue weighted by molar-refractivity contribution is 5.90. The third-order valence-corrected chi connectivity index (χ3v) is 3.81. The number of H-pyrrole nitrogens is 1. The lowest BCUT2D eigenvalue weighted by atomic mass is 10.0. The molecular formula is C12H17N5O2. The molecule has 102 valence electrons. The molecule has 3 rings (SSSR count). The number of aromatic amines is 1. The zero-order valence-corrected chi connectivity index (χ0v) is 10.8. The fraction of sp³-hybridized carbons (Fsp3) is 0.583. The molecule has 1 fully saturated rings. The highest BCUT2D eigenvalue weighted by Gasteiger charge is 2.35. The van der Waals surface area contributed by atoms with E-state index in [1.54, 1.807) is 18.2 Å². The first kappa shape index (κ1) is 12.2. The van der Waals surface area contributed by atoms with Crippen LogP contribution in [0.25, 0.3) is 0 Å². The van der Waals surface area contributed by atoms with Gasteiger partial charge < -0.3 is 15.2 Å². The highest BCUT2D eigenvalue weighted by atomic mass is 16.2. The predicted octanol–water partition coefficient (Wildman–Crippen LogP) is -1.23. The molecule has 19 heavy (non-hydrogen) atoms. The molecule has 7 heteroatoms. The van der Waals surface area contributed by atoms with E-state index in [1.807, 2.05) is 0 Å². The van der Waals surface area contributed by atoms with Crippen molar-refractivity contribution in [2.24, 2.45) is 0 Å². The van der Waals surface area contributed by atoms with Gasteiger partial charge in [0.15, 0.2) is 0 Å². The quantitative estimate of drug-likeness (QED) is 0.592. The minimum atomic E-state index is -0.399. The number of imidazole rings is 1. The van der Waals surface area contributed by atoms with Crippen LogP contribution < -0.4 is 10.6 Å². The third-order valence-electron chi connectivity index (χ3n) is 3.81. The summed E-state index contributed by atoms with van der Waals surface area (Å²) in [7, 11) is 0. The largest absolute Gasteiger partial charge is 0.353 e. The van der Waals surface area contributed by atoms with Gasteiger partial charge in [0.05, 0.1) is 23.8 Å². The number of nitrogens with one attached hydrogen (secondary N) is 3. The zero-order valence-electron chi connectivity index (χ0n) is 10.8. The monoisotopic (exact) mass is 263 g/mol. The van der Waals surface area contributed by atoms with Gasteiger partial charge in [-0.2, -0.15) is 0 Å². The molecule has 0 saturated carbocycles. The second-order valence-electron chi connectivity index (χ2n) is 4.96. The minimum Gasteiger partial charge on any atom is -0.353 e. The fourth-order valence-electron chi connectivity index (χ4n) is 2.63. The molecule has 2 amide bonds. The van der Waals surface area contributed by atoms with Crippen molar-refractivity contribution >= 4 is 11.8 Å². The third kappa shape index (κ3) is 2.10. The number of carbonyl (C=O) groups is 2. The number of carbonyl (C=O) groups excluding carboxylic acids is 2. The lowest BCUT2D eigenvalue weighted by molar-refractivity contribution is -0.144. The number of amides is 2. The Morgan fingerprint density at radius 1 is 1.53 bits per heavy atom. The van der Waals surface area contributed by atoms with Crippen molar-refractivity contribution in [3.05, 3.63) is 17.7 Å². The first-order chi connectivity index (χ1) is 9.16. The van der Waals surface area contributed by atoms with E-state index in [1.165, 1.54) is 0 Å². The Labute approximate surface area is 110 Å². The van der Waals surface area contributed by atoms with Crippen molar-refractivity contribution in [3.63, 3.8) is 0 Å². The standard InChI is InChI=1S/C12H17N5O2/c1-7-11(18)13-2-3-17(7)12(19)9-4-8-10(5-14-9)16-6-15-8/h6-7,9,14H,2-5H2,1H3,(H,13,18)(H,15,16). The first-order valence-corrected chi connectivity index (χ1v) is 6.49. The minimum absolute atomic E-state index is 0.0176. The van der Waals surface area contributed by atoms with Crippen molar-refractivity contribution in [1.82, 2.24) is 25.5 Å². The molecule has 2 unspecified atom stereocenters. The lowest BCUT2D eigenvalue weighted by Gasteiger charge is -2.36. The van der Waals surface area contributed by atoms with E-state index in [2.05, 4.69) is 20.6 Å². The normalized spacial score (nSPS) is 26.8. The molecule has 0 aromatic carbocycles. The van der Waals surface area contributed by atoms with Crippen molar-refractivity contribution in [2.45, 2.75) is 32.0 Å². The van der Waals surface area contributed by atoms with Gasteiger partial charge in [0.1, 0.15) is 6.04 Å². The highest BCUT2D eigenvalue weighted by Crippen LogP contribution is 2.15. The molecule has 1 saturated heterocycles. The van der Waals surface area contributed by atoms with Crippen LogP contribution in [0.2, 0.25) is 0 Å². The van der Waals surface area contributed by atoms with Crippen LogP contribution in [0.15, 0.2) is 6.33 Å². The molecule has 7 nitrogen and oxygen atoms in total. The van der Waals surface area contributed by atoms with Crippen molar-refractivity contribution in [1.29, 1.82) is 0 Å². The second-order valence-corrected chi connectivity index (χ2v) is 4.96. The van der Waals surface area contributed by atoms with E-state index in [-0.39, 0.29) is 17.9 Å². The Hall–Kier alpha value is -1.89. The average molecular weight is 263 g/mol. The van der Waals surface area contributed by atoms with E-state index < -0.39 is 6.04 Å². The summed E-state index contributed by atoms with van der Waals surface area (Å²) < 4.78 is 0. The summed E-state index contributed by atoms with van der Waals surface area (Å²) in [5.41, 5.74) is 1.97. The Bertz CT molecular complexity index is 512. The van der Waals surface area contributed by atoms with Crippen molar-refractivity contribution in [2.75, 3.05) is 13.1 Å². The molecule has 0 spiro atoms. The van der Waals surface area contributed by atoms with Crippen molar-refractivity contribution in [3.8, 4) is 0 Å². The zero-order chi connectivity index (χ0) is 13.4. The van der Waals surface area contributed by atoms with E-state index in [0.29, 0.717) is 26.1 Å². The molecule has 2 aliphatic heterocycles. The van der Waals surface area contributed by atoms with Crippen molar-refractivity contribution < 1.29 is 9.59 Å². The van der Waals surface area contributed by atoms with Gasteiger partial charge in [0, 0.05) is 26.1 Å². The number of piperazine rings is 1. The van der Waals surface area contributed by atoms with Gasteiger partial charge in [0.2, 0.25) is 11.8 Å². The van der Waals surface area contributed by atoms with Gasteiger partial charge >= 0.3 is 0 Å². The smallest absolute Gasteiger partial charge is 0.242 e. The van der Waals surface area contributed by atoms with E-state index in [0.717, 1.165) is 11.4 Å². The first-order valence-electron chi connectivity index (χ1n) is 6.49. The van der Waals surface area contributed by atoms with Crippen LogP contribution in [0.5, 0.6) is 0 Å². The Kier molecular flexibility index (Phi) is 2.98. The molecule has 1 aromatic rings. The van der Waals surface area contributed by atoms with Crippen LogP contribution in [-0.2, 0) is 22.6 Å². The maximum Gasteiger partial charge on any atom is 0.242 e. The number of hydrogen-bond donors (Lipinski definition) is 3. The maximum absolute atomic E-state index is 12.5. The summed E-state index contributed by atoms with van der Waals surface area (Å²) in [5, 5.41) is 5.96. The summed E-state index contributed by atoms with van der Waals surface area (Å²) >= 11 is 0. The molecule has 3 heterocycles. The summed E-state index contributed by atoms with van der Waals surface area (Å²) in [6.07, 6.45) is 2.22. The number of hydrogen-bond acceptors (Lipinski definition) is 4. The molecule has 0 radical (unpaired) electrons. The van der Waals surface area contributed by atoms with Crippen LogP contribution in [0, 0.1) is 0 Å². The van der Waals surface area contributed by atoms with E-state index in [9.17, 15) is 9.59 Å². The van der Waals surface area contributed by atoms with Crippen LogP contribution in [0.4, 0.5) is 0 Å². The number of nitrogens with zero attached hydrogens (tertiary/aromatic N) is 2. The predicted molar refractivity (Wildman–Crippen MR) is 67.1 cm³/mol. The number of aromatic nitrogens is 2. The fourth-order valence-corrected chi connectivity index (χ4v) is 2.63. The van der Waals surface area contributed by atoms with Gasteiger partial charge in [-0.1, -0.05) is 0 Å². The molecular weight excluding hydrogens is 246 g/mol. The van der Waals surface area contributed by atoms with Gasteiger partial charge in [-0.25, -0.2) is 4.98 Å². The average Bonchev–Trinajstić information content (AvgIpc) is 2.88. The van der Waals surface area contributed by atoms with Crippen LogP contribution in [0.1, 0.15) is 18.3 Å². The SMILES string of the molecule is CC1C(=O)NCCN1C(=O)C1Cc2nc[nH]c2CN1. The Morgan fingerprint density at radius 2 is 2.37 bits per heavy atom. The van der Waals surface area contributed by atoms with E-state index in [4.69, 9.17) is 0 Å². The van der Waals surface area contributed by atoms with Gasteiger partial charge in [0.25, 0.3) is 0 Å². The summed E-state index contributed by atoms with van der Waals surface area (Å²) in [6, 6.07) is -0.687. The van der Waals surface area contributed by atoms with Gasteiger partial charge in [-0.05, 0) is 6.92 Å². The summed E-state index contributed by atoms with van der Waals surface area (Å²) in [4.78, 5) is 33.0. The Balaban J connectivity index is 1.73. The van der Waals surface area contributed by atoms with Crippen LogP contribution >= 0.6 is 0 Å². The molecule has 2 atom stereocenters. The molecule has 0 bridgehead atoms. The molecule has 2 aliphatic rings. The number of rotatable bonds is 1. The Morgan fingerprint density at radius 3 is 3.21 bits per heavy atom. The topological polar surface area (TPSA) is 90.1 Å². The van der Waals surface area contributed by atoms with Crippen LogP contribution in [-0.4, -0.2) is 51.9 Å². The summed E-state index contributed by atoms with van der Waals surface area (Å²) in [6.45, 7) is 3.46. The lowest BCUT2D eigenvalue weighted by Crippen LogP contribution is -2.60. The van der Waals surface area contributed by atoms with E-state index >= 15 is 0 Å². The van der Waals surface area contributed by atoms with Gasteiger partial charge in [-0.15, -0.1) is 0 Å². The maximum atomic E-state index is 12.5. The number of fused-ring (bicyclic) bond motifs is 1. The second kappa shape index (κ2) is 4.65.